The zero-order chi connectivity index (χ0) is 14.2. The molecule has 1 N–H and O–H groups in total. The van der Waals surface area contributed by atoms with E-state index < -0.39 is 0 Å². The van der Waals surface area contributed by atoms with Crippen molar-refractivity contribution in [2.75, 3.05) is 26.3 Å². The largest absolute Gasteiger partial charge is 0.346 e. The molecule has 0 atom stereocenters. The fourth-order valence-electron chi connectivity index (χ4n) is 3.26. The average molecular weight is 279 g/mol. The first kappa shape index (κ1) is 14.0. The summed E-state index contributed by atoms with van der Waals surface area (Å²) in [5.74, 6) is -0.343. The van der Waals surface area contributed by atoms with Gasteiger partial charge in [-0.3, -0.25) is 10.00 Å². The summed E-state index contributed by atoms with van der Waals surface area (Å²) >= 11 is 0. The molecule has 0 aliphatic carbocycles. The van der Waals surface area contributed by atoms with E-state index in [0.717, 1.165) is 45.7 Å². The van der Waals surface area contributed by atoms with Gasteiger partial charge in [0, 0.05) is 29.6 Å². The Morgan fingerprint density at radius 1 is 1.35 bits per heavy atom. The minimum Gasteiger partial charge on any atom is -0.346 e. The number of hydrogen-bond donors (Lipinski definition) is 1. The molecule has 1 spiro atoms. The van der Waals surface area contributed by atoms with Crippen LogP contribution in [-0.2, 0) is 21.4 Å². The first-order chi connectivity index (χ1) is 9.49. The van der Waals surface area contributed by atoms with Crippen molar-refractivity contribution in [2.24, 2.45) is 0 Å². The number of rotatable bonds is 2. The molecule has 112 valence electrons. The predicted octanol–water partition coefficient (Wildman–Crippen LogP) is 2.05. The van der Waals surface area contributed by atoms with Crippen molar-refractivity contribution in [3.05, 3.63) is 17.5 Å². The third kappa shape index (κ3) is 2.75. The van der Waals surface area contributed by atoms with Crippen LogP contribution >= 0.6 is 0 Å². The molecule has 2 aliphatic heterocycles. The lowest BCUT2D eigenvalue weighted by Gasteiger charge is -2.38. The Morgan fingerprint density at radius 2 is 2.10 bits per heavy atom. The smallest absolute Gasteiger partial charge is 0.181 e. The second kappa shape index (κ2) is 5.13. The molecule has 0 bridgehead atoms. The highest BCUT2D eigenvalue weighted by molar-refractivity contribution is 5.23. The van der Waals surface area contributed by atoms with Gasteiger partial charge in [0.2, 0.25) is 0 Å². The second-order valence-electron chi connectivity index (χ2n) is 6.94. The van der Waals surface area contributed by atoms with Gasteiger partial charge < -0.3 is 9.47 Å². The van der Waals surface area contributed by atoms with Crippen LogP contribution in [0.5, 0.6) is 0 Å². The molecule has 1 aromatic rings. The van der Waals surface area contributed by atoms with Crippen molar-refractivity contribution in [1.29, 1.82) is 0 Å². The van der Waals surface area contributed by atoms with Crippen molar-refractivity contribution >= 4 is 0 Å². The maximum absolute atomic E-state index is 5.84. The third-order valence-corrected chi connectivity index (χ3v) is 4.17. The van der Waals surface area contributed by atoms with Gasteiger partial charge in [-0.15, -0.1) is 0 Å². The van der Waals surface area contributed by atoms with Gasteiger partial charge in [-0.05, 0) is 13.0 Å². The molecule has 1 aromatic heterocycles. The van der Waals surface area contributed by atoms with Gasteiger partial charge in [0.25, 0.3) is 0 Å². The Labute approximate surface area is 120 Å². The molecule has 0 radical (unpaired) electrons. The molecule has 2 aliphatic rings. The molecule has 2 fully saturated rings. The van der Waals surface area contributed by atoms with Gasteiger partial charge in [-0.1, -0.05) is 20.8 Å². The Morgan fingerprint density at radius 3 is 2.80 bits per heavy atom. The lowest BCUT2D eigenvalue weighted by Crippen LogP contribution is -2.48. The highest BCUT2D eigenvalue weighted by Crippen LogP contribution is 2.32. The fraction of sp³-hybridized carbons (Fsp3) is 0.800. The second-order valence-corrected chi connectivity index (χ2v) is 6.94. The van der Waals surface area contributed by atoms with E-state index in [9.17, 15) is 0 Å². The maximum Gasteiger partial charge on any atom is 0.181 e. The molecule has 3 rings (SSSR count). The van der Waals surface area contributed by atoms with Crippen LogP contribution < -0.4 is 0 Å². The van der Waals surface area contributed by atoms with Gasteiger partial charge >= 0.3 is 0 Å². The van der Waals surface area contributed by atoms with E-state index in [1.165, 1.54) is 11.3 Å². The van der Waals surface area contributed by atoms with Crippen LogP contribution in [0.2, 0.25) is 0 Å². The van der Waals surface area contributed by atoms with Crippen molar-refractivity contribution in [2.45, 2.75) is 51.4 Å². The van der Waals surface area contributed by atoms with Gasteiger partial charge in [0.1, 0.15) is 0 Å². The first-order valence-electron chi connectivity index (χ1n) is 7.52. The first-order valence-corrected chi connectivity index (χ1v) is 7.52. The Kier molecular flexibility index (Phi) is 3.60. The Bertz CT molecular complexity index is 458. The highest BCUT2D eigenvalue weighted by atomic mass is 16.7. The molecule has 5 nitrogen and oxygen atoms in total. The molecule has 0 amide bonds. The number of piperidine rings is 1. The number of nitrogens with one attached hydrogen (secondary N) is 1. The van der Waals surface area contributed by atoms with E-state index in [-0.39, 0.29) is 11.2 Å². The van der Waals surface area contributed by atoms with Crippen LogP contribution in [0.25, 0.3) is 0 Å². The van der Waals surface area contributed by atoms with E-state index in [2.05, 4.69) is 35.9 Å². The fourth-order valence-corrected chi connectivity index (χ4v) is 3.26. The maximum atomic E-state index is 5.84. The molecular weight excluding hydrogens is 254 g/mol. The quantitative estimate of drug-likeness (QED) is 0.900. The standard InChI is InChI=1S/C15H25N3O2/c1-14(2,3)13-12(9-16-17-13)10-18-6-4-5-15(11-18)19-7-8-20-15/h9H,4-8,10-11H2,1-3H3,(H,16,17). The van der Waals surface area contributed by atoms with Crippen LogP contribution in [-0.4, -0.2) is 47.2 Å². The van der Waals surface area contributed by atoms with Gasteiger partial charge in [-0.2, -0.15) is 5.10 Å². The van der Waals surface area contributed by atoms with Crippen molar-refractivity contribution < 1.29 is 9.47 Å². The predicted molar refractivity (Wildman–Crippen MR) is 76.4 cm³/mol. The zero-order valence-corrected chi connectivity index (χ0v) is 12.7. The van der Waals surface area contributed by atoms with E-state index in [1.54, 1.807) is 0 Å². The number of aromatic nitrogens is 2. The molecule has 0 saturated carbocycles. The van der Waals surface area contributed by atoms with Crippen molar-refractivity contribution in [3.63, 3.8) is 0 Å². The van der Waals surface area contributed by atoms with Crippen LogP contribution in [0.1, 0.15) is 44.9 Å². The summed E-state index contributed by atoms with van der Waals surface area (Å²) in [6, 6.07) is 0. The van der Waals surface area contributed by atoms with Gasteiger partial charge in [0.05, 0.1) is 26.0 Å². The number of likely N-dealkylation sites (tertiary alicyclic amines) is 1. The minimum atomic E-state index is -0.343. The van der Waals surface area contributed by atoms with E-state index in [0.29, 0.717) is 0 Å². The molecular formula is C15H25N3O2. The molecule has 2 saturated heterocycles. The van der Waals surface area contributed by atoms with Crippen LogP contribution in [0.15, 0.2) is 6.20 Å². The third-order valence-electron chi connectivity index (χ3n) is 4.17. The monoisotopic (exact) mass is 279 g/mol. The Hall–Kier alpha value is -0.910. The van der Waals surface area contributed by atoms with Crippen LogP contribution in [0.3, 0.4) is 0 Å². The summed E-state index contributed by atoms with van der Waals surface area (Å²) in [5, 5.41) is 7.39. The van der Waals surface area contributed by atoms with Crippen molar-refractivity contribution in [1.82, 2.24) is 15.1 Å². The highest BCUT2D eigenvalue weighted by Gasteiger charge is 2.40. The minimum absolute atomic E-state index is 0.0969. The number of ether oxygens (including phenoxy) is 2. The average Bonchev–Trinajstić information content (AvgIpc) is 2.99. The van der Waals surface area contributed by atoms with Gasteiger partial charge in [0.15, 0.2) is 5.79 Å². The van der Waals surface area contributed by atoms with E-state index >= 15 is 0 Å². The summed E-state index contributed by atoms with van der Waals surface area (Å²) in [7, 11) is 0. The topological polar surface area (TPSA) is 50.4 Å². The summed E-state index contributed by atoms with van der Waals surface area (Å²) < 4.78 is 11.7. The number of aromatic amines is 1. The molecule has 20 heavy (non-hydrogen) atoms. The summed E-state index contributed by atoms with van der Waals surface area (Å²) in [6.07, 6.45) is 4.10. The zero-order valence-electron chi connectivity index (χ0n) is 12.7. The van der Waals surface area contributed by atoms with E-state index in [1.807, 2.05) is 6.20 Å². The lowest BCUT2D eigenvalue weighted by atomic mass is 9.89. The van der Waals surface area contributed by atoms with Gasteiger partial charge in [-0.25, -0.2) is 0 Å². The number of nitrogens with zero attached hydrogens (tertiary/aromatic N) is 2. The normalized spacial score (nSPS) is 23.6. The molecule has 0 unspecified atom stereocenters. The van der Waals surface area contributed by atoms with Crippen LogP contribution in [0, 0.1) is 0 Å². The van der Waals surface area contributed by atoms with Crippen molar-refractivity contribution in [3.8, 4) is 0 Å². The summed E-state index contributed by atoms with van der Waals surface area (Å²) in [4.78, 5) is 2.43. The molecule has 5 heteroatoms. The summed E-state index contributed by atoms with van der Waals surface area (Å²) in [6.45, 7) is 11.0. The van der Waals surface area contributed by atoms with E-state index in [4.69, 9.17) is 9.47 Å². The molecule has 0 aromatic carbocycles. The van der Waals surface area contributed by atoms with Crippen LogP contribution in [0.4, 0.5) is 0 Å². The number of hydrogen-bond acceptors (Lipinski definition) is 4. The SMILES string of the molecule is CC(C)(C)c1[nH]ncc1CN1CCCC2(C1)OCCO2. The Balaban J connectivity index is 1.70. The lowest BCUT2D eigenvalue weighted by molar-refractivity contribution is -0.190. The summed E-state index contributed by atoms with van der Waals surface area (Å²) in [5.41, 5.74) is 2.61. The number of H-pyrrole nitrogens is 1. The molecule has 3 heterocycles.